The first-order chi connectivity index (χ1) is 17.9. The average molecular weight is 541 g/mol. The molecule has 0 aliphatic rings. The predicted octanol–water partition coefficient (Wildman–Crippen LogP) is 3.38. The number of carbonyl (C=O) groups excluding carboxylic acids is 2. The molecule has 1 amide bonds. The monoisotopic (exact) mass is 540 g/mol. The van der Waals surface area contributed by atoms with Gasteiger partial charge in [-0.3, -0.25) is 9.59 Å². The van der Waals surface area contributed by atoms with E-state index in [1.165, 1.54) is 11.3 Å². The summed E-state index contributed by atoms with van der Waals surface area (Å²) < 4.78 is 5.09. The molecule has 2 aromatic heterocycles. The topological polar surface area (TPSA) is 149 Å². The number of amides is 1. The molecule has 4 aromatic rings. The molecule has 0 saturated heterocycles. The molecular weight excluding hydrogens is 520 g/mol. The molecule has 0 aliphatic carbocycles. The summed E-state index contributed by atoms with van der Waals surface area (Å²) in [6, 6.07) is 14.9. The Hall–Kier alpha value is -4.16. The number of aliphatic carboxylic acids is 1. The van der Waals surface area contributed by atoms with Gasteiger partial charge in [0.25, 0.3) is 0 Å². The number of rotatable bonds is 11. The van der Waals surface area contributed by atoms with E-state index in [0.29, 0.717) is 17.3 Å². The van der Waals surface area contributed by atoms with Crippen LogP contribution in [0.2, 0.25) is 5.02 Å². The van der Waals surface area contributed by atoms with Gasteiger partial charge in [-0.2, -0.15) is 4.80 Å². The third-order valence-corrected chi connectivity index (χ3v) is 6.17. The van der Waals surface area contributed by atoms with E-state index >= 15 is 0 Å². The average Bonchev–Trinajstić information content (AvgIpc) is 3.53. The van der Waals surface area contributed by atoms with Gasteiger partial charge in [-0.15, -0.1) is 21.5 Å². The Morgan fingerprint density at radius 2 is 1.86 bits per heavy atom. The molecular formula is C24H21ClN6O5S. The van der Waals surface area contributed by atoms with Crippen molar-refractivity contribution in [2.45, 2.75) is 32.0 Å². The van der Waals surface area contributed by atoms with Gasteiger partial charge in [0.1, 0.15) is 24.2 Å². The summed E-state index contributed by atoms with van der Waals surface area (Å²) in [6.07, 6.45) is -1.22. The fraction of sp³-hybridized carbons (Fsp3) is 0.208. The summed E-state index contributed by atoms with van der Waals surface area (Å²) in [4.78, 5) is 41.8. The van der Waals surface area contributed by atoms with Crippen molar-refractivity contribution in [3.63, 3.8) is 0 Å². The van der Waals surface area contributed by atoms with E-state index in [2.05, 4.69) is 25.7 Å². The Kier molecular flexibility index (Phi) is 8.54. The standard InChI is InChI=1S/C24H21ClN6O5S/c25-17-8-6-16(7-9-17)19-14-37-22(26-19)11-21-28-30-31(29-21)12-20(32)18(10-23(33)34)27-24(35)36-13-15-4-2-1-3-5-15/h1-9,14,18H,10-13H2,(H,27,35)(H,33,34). The largest absolute Gasteiger partial charge is 0.481 e. The normalized spacial score (nSPS) is 11.6. The molecule has 13 heteroatoms. The summed E-state index contributed by atoms with van der Waals surface area (Å²) >= 11 is 7.37. The second kappa shape index (κ2) is 12.2. The zero-order chi connectivity index (χ0) is 26.2. The van der Waals surface area contributed by atoms with Gasteiger partial charge in [0.2, 0.25) is 0 Å². The Bertz CT molecular complexity index is 1380. The van der Waals surface area contributed by atoms with Gasteiger partial charge in [-0.05, 0) is 22.9 Å². The summed E-state index contributed by atoms with van der Waals surface area (Å²) in [5.41, 5.74) is 2.47. The van der Waals surface area contributed by atoms with Gasteiger partial charge in [0, 0.05) is 16.0 Å². The number of Topliss-reactive ketones (excluding diaryl/α,β-unsaturated/α-hetero) is 1. The van der Waals surface area contributed by atoms with Crippen LogP contribution in [0.5, 0.6) is 0 Å². The molecule has 37 heavy (non-hydrogen) atoms. The van der Waals surface area contributed by atoms with Crippen molar-refractivity contribution in [3.8, 4) is 11.3 Å². The lowest BCUT2D eigenvalue weighted by atomic mass is 10.1. The number of alkyl carbamates (subject to hydrolysis) is 1. The zero-order valence-electron chi connectivity index (χ0n) is 19.3. The van der Waals surface area contributed by atoms with Crippen LogP contribution < -0.4 is 5.32 Å². The Morgan fingerprint density at radius 1 is 1.11 bits per heavy atom. The van der Waals surface area contributed by atoms with Crippen molar-refractivity contribution in [1.82, 2.24) is 30.5 Å². The zero-order valence-corrected chi connectivity index (χ0v) is 20.9. The SMILES string of the molecule is O=C(O)CC(NC(=O)OCc1ccccc1)C(=O)Cn1nnc(Cc2nc(-c3ccc(Cl)cc3)cs2)n1. The number of benzene rings is 2. The van der Waals surface area contributed by atoms with Crippen LogP contribution in [0.25, 0.3) is 11.3 Å². The van der Waals surface area contributed by atoms with Crippen LogP contribution in [0.1, 0.15) is 22.8 Å². The summed E-state index contributed by atoms with van der Waals surface area (Å²) in [7, 11) is 0. The van der Waals surface area contributed by atoms with Crippen molar-refractivity contribution >= 4 is 40.8 Å². The molecule has 4 rings (SSSR count). The minimum atomic E-state index is -1.32. The highest BCUT2D eigenvalue weighted by atomic mass is 35.5. The van der Waals surface area contributed by atoms with E-state index < -0.39 is 30.3 Å². The first-order valence-electron chi connectivity index (χ1n) is 11.0. The maximum atomic E-state index is 12.7. The van der Waals surface area contributed by atoms with Crippen LogP contribution in [0, 0.1) is 0 Å². The molecule has 0 radical (unpaired) electrons. The lowest BCUT2D eigenvalue weighted by molar-refractivity contribution is -0.139. The first kappa shape index (κ1) is 25.9. The first-order valence-corrected chi connectivity index (χ1v) is 12.3. The number of nitrogens with one attached hydrogen (secondary N) is 1. The second-order valence-corrected chi connectivity index (χ2v) is 9.25. The van der Waals surface area contributed by atoms with Gasteiger partial charge >= 0.3 is 12.1 Å². The summed E-state index contributed by atoms with van der Waals surface area (Å²) in [6.45, 7) is -0.400. The minimum Gasteiger partial charge on any atom is -0.481 e. The number of thiazole rings is 1. The van der Waals surface area contributed by atoms with Crippen molar-refractivity contribution < 1.29 is 24.2 Å². The van der Waals surface area contributed by atoms with Crippen LogP contribution in [0.3, 0.4) is 0 Å². The molecule has 1 unspecified atom stereocenters. The molecule has 2 aromatic carbocycles. The van der Waals surface area contributed by atoms with Crippen LogP contribution in [0.15, 0.2) is 60.0 Å². The van der Waals surface area contributed by atoms with Crippen LogP contribution in [-0.2, 0) is 33.9 Å². The van der Waals surface area contributed by atoms with E-state index in [1.54, 1.807) is 36.4 Å². The molecule has 0 spiro atoms. The predicted molar refractivity (Wildman–Crippen MR) is 134 cm³/mol. The second-order valence-electron chi connectivity index (χ2n) is 7.87. The van der Waals surface area contributed by atoms with Crippen LogP contribution >= 0.6 is 22.9 Å². The fourth-order valence-electron chi connectivity index (χ4n) is 3.27. The lowest BCUT2D eigenvalue weighted by Crippen LogP contribution is -2.44. The third kappa shape index (κ3) is 7.66. The van der Waals surface area contributed by atoms with Crippen molar-refractivity contribution in [2.75, 3.05) is 0 Å². The van der Waals surface area contributed by atoms with Gasteiger partial charge in [0.15, 0.2) is 11.6 Å². The van der Waals surface area contributed by atoms with Gasteiger partial charge in [-0.1, -0.05) is 54.1 Å². The maximum Gasteiger partial charge on any atom is 0.408 e. The number of carbonyl (C=O) groups is 3. The Balaban J connectivity index is 1.33. The van der Waals surface area contributed by atoms with E-state index in [0.717, 1.165) is 26.6 Å². The number of carboxylic acid groups (broad SMARTS) is 1. The molecule has 190 valence electrons. The quantitative estimate of drug-likeness (QED) is 0.292. The fourth-order valence-corrected chi connectivity index (χ4v) is 4.20. The number of halogens is 1. The number of aromatic nitrogens is 5. The molecule has 0 aliphatic heterocycles. The lowest BCUT2D eigenvalue weighted by Gasteiger charge is -2.15. The van der Waals surface area contributed by atoms with Gasteiger partial charge < -0.3 is 15.2 Å². The summed E-state index contributed by atoms with van der Waals surface area (Å²) in [5.74, 6) is -1.52. The number of ether oxygens (including phenoxy) is 1. The molecule has 0 saturated carbocycles. The molecule has 2 N–H and O–H groups in total. The van der Waals surface area contributed by atoms with Crippen LogP contribution in [-0.4, -0.2) is 54.2 Å². The van der Waals surface area contributed by atoms with Gasteiger partial charge in [0.05, 0.1) is 18.5 Å². The van der Waals surface area contributed by atoms with Crippen molar-refractivity contribution in [2.24, 2.45) is 0 Å². The maximum absolute atomic E-state index is 12.7. The highest BCUT2D eigenvalue weighted by Gasteiger charge is 2.25. The molecule has 0 fully saturated rings. The molecule has 1 atom stereocenters. The Labute approximate surface area is 220 Å². The van der Waals surface area contributed by atoms with E-state index in [1.807, 2.05) is 23.6 Å². The third-order valence-electron chi connectivity index (χ3n) is 5.06. The van der Waals surface area contributed by atoms with E-state index in [9.17, 15) is 19.5 Å². The molecule has 2 heterocycles. The number of tetrazole rings is 1. The minimum absolute atomic E-state index is 0.0227. The highest BCUT2D eigenvalue weighted by Crippen LogP contribution is 2.24. The number of ketones is 1. The number of hydrogen-bond donors (Lipinski definition) is 2. The van der Waals surface area contributed by atoms with Gasteiger partial charge in [-0.25, -0.2) is 9.78 Å². The smallest absolute Gasteiger partial charge is 0.408 e. The van der Waals surface area contributed by atoms with E-state index in [-0.39, 0.29) is 13.2 Å². The van der Waals surface area contributed by atoms with Crippen molar-refractivity contribution in [3.05, 3.63) is 81.4 Å². The summed E-state index contributed by atoms with van der Waals surface area (Å²) in [5, 5.41) is 26.8. The van der Waals surface area contributed by atoms with Crippen molar-refractivity contribution in [1.29, 1.82) is 0 Å². The molecule has 11 nitrogen and oxygen atoms in total. The number of nitrogens with zero attached hydrogens (tertiary/aromatic N) is 5. The number of carboxylic acids is 1. The molecule has 0 bridgehead atoms. The van der Waals surface area contributed by atoms with Crippen LogP contribution in [0.4, 0.5) is 4.79 Å². The number of hydrogen-bond acceptors (Lipinski definition) is 9. The Morgan fingerprint density at radius 3 is 2.59 bits per heavy atom. The van der Waals surface area contributed by atoms with E-state index in [4.69, 9.17) is 16.3 Å². The highest BCUT2D eigenvalue weighted by molar-refractivity contribution is 7.10.